The average molecular weight is 491 g/mol. The fourth-order valence-corrected chi connectivity index (χ4v) is 5.61. The first-order chi connectivity index (χ1) is 16.7. The van der Waals surface area contributed by atoms with Gasteiger partial charge in [0.05, 0.1) is 12.0 Å². The van der Waals surface area contributed by atoms with E-state index in [1.165, 1.54) is 11.3 Å². The number of aryl methyl sites for hydroxylation is 4. The van der Waals surface area contributed by atoms with Crippen LogP contribution in [0.5, 0.6) is 0 Å². The Labute approximate surface area is 209 Å². The van der Waals surface area contributed by atoms with Crippen LogP contribution in [0, 0.1) is 33.6 Å². The summed E-state index contributed by atoms with van der Waals surface area (Å²) in [5.41, 5.74) is 5.61. The van der Waals surface area contributed by atoms with Crippen molar-refractivity contribution >= 4 is 40.5 Å². The maximum absolute atomic E-state index is 13.2. The zero-order valence-electron chi connectivity index (χ0n) is 20.5. The number of hydrogen-bond donors (Lipinski definition) is 1. The maximum Gasteiger partial charge on any atom is 0.311 e. The highest BCUT2D eigenvalue weighted by molar-refractivity contribution is 7.10. The fraction of sp³-hybridized carbons (Fsp3) is 0.321. The summed E-state index contributed by atoms with van der Waals surface area (Å²) in [5.74, 6) is -1.45. The third kappa shape index (κ3) is 5.46. The Bertz CT molecular complexity index is 1210. The SMILES string of the molecule is Cc1ccc(N2C(=O)CCC(C(=O)OCC(=O)Nc3c(C)cc(C)cc3C)C2c2cccs2)cc1. The lowest BCUT2D eigenvalue weighted by Gasteiger charge is -2.39. The van der Waals surface area contributed by atoms with Crippen molar-refractivity contribution in [1.82, 2.24) is 0 Å². The Morgan fingerprint density at radius 3 is 2.34 bits per heavy atom. The minimum Gasteiger partial charge on any atom is -0.455 e. The molecule has 0 spiro atoms. The molecule has 1 fully saturated rings. The van der Waals surface area contributed by atoms with Crippen molar-refractivity contribution in [2.75, 3.05) is 16.8 Å². The molecule has 0 radical (unpaired) electrons. The molecule has 1 aliphatic heterocycles. The van der Waals surface area contributed by atoms with E-state index in [9.17, 15) is 14.4 Å². The van der Waals surface area contributed by atoms with Gasteiger partial charge in [0.25, 0.3) is 5.91 Å². The normalized spacial score (nSPS) is 17.8. The Kier molecular flexibility index (Phi) is 7.36. The molecule has 1 aromatic heterocycles. The van der Waals surface area contributed by atoms with Crippen LogP contribution in [-0.2, 0) is 19.1 Å². The third-order valence-corrected chi connectivity index (χ3v) is 7.28. The molecule has 2 unspecified atom stereocenters. The predicted molar refractivity (Wildman–Crippen MR) is 139 cm³/mol. The van der Waals surface area contributed by atoms with Gasteiger partial charge in [0.1, 0.15) is 0 Å². The molecule has 1 aliphatic rings. The van der Waals surface area contributed by atoms with Crippen molar-refractivity contribution in [2.24, 2.45) is 5.92 Å². The summed E-state index contributed by atoms with van der Waals surface area (Å²) in [6.07, 6.45) is 0.615. The quantitative estimate of drug-likeness (QED) is 0.453. The molecule has 2 atom stereocenters. The number of amides is 2. The summed E-state index contributed by atoms with van der Waals surface area (Å²) in [5, 5.41) is 4.81. The monoisotopic (exact) mass is 490 g/mol. The molecule has 1 N–H and O–H groups in total. The van der Waals surface area contributed by atoms with E-state index in [4.69, 9.17) is 4.74 Å². The van der Waals surface area contributed by atoms with Crippen LogP contribution in [-0.4, -0.2) is 24.4 Å². The highest BCUT2D eigenvalue weighted by Crippen LogP contribution is 2.42. The Hall–Kier alpha value is -3.45. The van der Waals surface area contributed by atoms with Crippen molar-refractivity contribution in [3.63, 3.8) is 0 Å². The second-order valence-electron chi connectivity index (χ2n) is 9.13. The molecular formula is C28H30N2O4S. The number of nitrogens with zero attached hydrogens (tertiary/aromatic N) is 1. The molecule has 7 heteroatoms. The summed E-state index contributed by atoms with van der Waals surface area (Å²) in [6.45, 7) is 7.49. The Morgan fingerprint density at radius 2 is 1.71 bits per heavy atom. The van der Waals surface area contributed by atoms with Crippen molar-refractivity contribution in [3.05, 3.63) is 81.0 Å². The predicted octanol–water partition coefficient (Wildman–Crippen LogP) is 5.65. The topological polar surface area (TPSA) is 75.7 Å². The second-order valence-corrected chi connectivity index (χ2v) is 10.1. The summed E-state index contributed by atoms with van der Waals surface area (Å²) in [4.78, 5) is 41.5. The van der Waals surface area contributed by atoms with Gasteiger partial charge in [-0.3, -0.25) is 14.4 Å². The Morgan fingerprint density at radius 1 is 1.03 bits per heavy atom. The van der Waals surface area contributed by atoms with E-state index in [0.29, 0.717) is 6.42 Å². The van der Waals surface area contributed by atoms with E-state index >= 15 is 0 Å². The van der Waals surface area contributed by atoms with Gasteiger partial charge < -0.3 is 15.0 Å². The highest BCUT2D eigenvalue weighted by Gasteiger charge is 2.43. The highest BCUT2D eigenvalue weighted by atomic mass is 32.1. The van der Waals surface area contributed by atoms with Crippen LogP contribution in [0.2, 0.25) is 0 Å². The zero-order chi connectivity index (χ0) is 25.1. The van der Waals surface area contributed by atoms with Gasteiger partial charge in [0.15, 0.2) is 6.61 Å². The van der Waals surface area contributed by atoms with Crippen molar-refractivity contribution < 1.29 is 19.1 Å². The number of benzene rings is 2. The van der Waals surface area contributed by atoms with Crippen molar-refractivity contribution in [1.29, 1.82) is 0 Å². The van der Waals surface area contributed by atoms with Crippen LogP contribution >= 0.6 is 11.3 Å². The number of carbonyl (C=O) groups is 3. The van der Waals surface area contributed by atoms with Crippen LogP contribution in [0.1, 0.15) is 46.0 Å². The largest absolute Gasteiger partial charge is 0.455 e. The number of ether oxygens (including phenoxy) is 1. The molecule has 2 amide bonds. The number of carbonyl (C=O) groups excluding carboxylic acids is 3. The molecule has 35 heavy (non-hydrogen) atoms. The standard InChI is InChI=1S/C28H30N2O4S/c1-17-7-9-21(10-8-17)30-25(32)12-11-22(27(30)23-6-5-13-35-23)28(33)34-16-24(31)29-26-19(3)14-18(2)15-20(26)4/h5-10,13-15,22,27H,11-12,16H2,1-4H3,(H,29,31). The van der Waals surface area contributed by atoms with Gasteiger partial charge in [0.2, 0.25) is 5.91 Å². The zero-order valence-corrected chi connectivity index (χ0v) is 21.3. The lowest BCUT2D eigenvalue weighted by molar-refractivity contribution is -0.153. The lowest BCUT2D eigenvalue weighted by Crippen LogP contribution is -2.46. The van der Waals surface area contributed by atoms with Crippen LogP contribution in [0.25, 0.3) is 0 Å². The molecule has 2 heterocycles. The first-order valence-corrected chi connectivity index (χ1v) is 12.6. The van der Waals surface area contributed by atoms with E-state index in [-0.39, 0.29) is 24.8 Å². The number of piperidine rings is 1. The first kappa shape index (κ1) is 24.7. The number of hydrogen-bond acceptors (Lipinski definition) is 5. The number of rotatable bonds is 6. The summed E-state index contributed by atoms with van der Waals surface area (Å²) in [6, 6.07) is 15.1. The molecule has 4 rings (SSSR count). The summed E-state index contributed by atoms with van der Waals surface area (Å²) >= 11 is 1.50. The van der Waals surface area contributed by atoms with Gasteiger partial charge in [-0.1, -0.05) is 41.5 Å². The molecule has 0 bridgehead atoms. The van der Waals surface area contributed by atoms with Gasteiger partial charge >= 0.3 is 5.97 Å². The second kappa shape index (κ2) is 10.4. The number of nitrogens with one attached hydrogen (secondary N) is 1. The van der Waals surface area contributed by atoms with Crippen LogP contribution in [0.4, 0.5) is 11.4 Å². The van der Waals surface area contributed by atoms with E-state index < -0.39 is 17.9 Å². The van der Waals surface area contributed by atoms with Crippen LogP contribution in [0.3, 0.4) is 0 Å². The molecule has 3 aromatic rings. The molecular weight excluding hydrogens is 460 g/mol. The van der Waals surface area contributed by atoms with E-state index in [0.717, 1.165) is 38.5 Å². The van der Waals surface area contributed by atoms with Gasteiger partial charge in [0, 0.05) is 22.7 Å². The lowest BCUT2D eigenvalue weighted by atomic mass is 9.87. The number of thiophene rings is 1. The maximum atomic E-state index is 13.2. The molecule has 2 aromatic carbocycles. The van der Waals surface area contributed by atoms with Crippen molar-refractivity contribution in [3.8, 4) is 0 Å². The minimum atomic E-state index is -0.566. The number of anilines is 2. The summed E-state index contributed by atoms with van der Waals surface area (Å²) in [7, 11) is 0. The molecule has 0 aliphatic carbocycles. The molecule has 1 saturated heterocycles. The third-order valence-electron chi connectivity index (χ3n) is 6.33. The van der Waals surface area contributed by atoms with Gasteiger partial charge in [-0.2, -0.15) is 0 Å². The van der Waals surface area contributed by atoms with Gasteiger partial charge in [-0.05, 0) is 68.8 Å². The molecule has 6 nitrogen and oxygen atoms in total. The van der Waals surface area contributed by atoms with E-state index in [1.54, 1.807) is 4.90 Å². The van der Waals surface area contributed by atoms with Crippen molar-refractivity contribution in [2.45, 2.75) is 46.6 Å². The van der Waals surface area contributed by atoms with E-state index in [2.05, 4.69) is 5.32 Å². The van der Waals surface area contributed by atoms with E-state index in [1.807, 2.05) is 81.6 Å². The minimum absolute atomic E-state index is 0.0284. The average Bonchev–Trinajstić information content (AvgIpc) is 3.35. The Balaban J connectivity index is 1.51. The first-order valence-electron chi connectivity index (χ1n) is 11.7. The smallest absolute Gasteiger partial charge is 0.311 e. The van der Waals surface area contributed by atoms with Gasteiger partial charge in [-0.15, -0.1) is 11.3 Å². The fourth-order valence-electron chi connectivity index (χ4n) is 4.73. The van der Waals surface area contributed by atoms with Crippen LogP contribution in [0.15, 0.2) is 53.9 Å². The molecule has 182 valence electrons. The molecule has 0 saturated carbocycles. The summed E-state index contributed by atoms with van der Waals surface area (Å²) < 4.78 is 5.50. The number of esters is 1. The van der Waals surface area contributed by atoms with Crippen LogP contribution < -0.4 is 10.2 Å². The van der Waals surface area contributed by atoms with Gasteiger partial charge in [-0.25, -0.2) is 0 Å².